The van der Waals surface area contributed by atoms with E-state index in [1.807, 2.05) is 51.9 Å². The first-order chi connectivity index (χ1) is 29.7. The van der Waals surface area contributed by atoms with Crippen LogP contribution in [0, 0.1) is 11.7 Å². The average molecular weight is 890 g/mol. The molecule has 62 heavy (non-hydrogen) atoms. The minimum Gasteiger partial charge on any atom is -0.493 e. The molecule has 2 N–H and O–H groups in total. The first-order valence-electron chi connectivity index (χ1n) is 19.9. The van der Waals surface area contributed by atoms with Crippen LogP contribution < -0.4 is 14.2 Å². The van der Waals surface area contributed by atoms with E-state index in [-0.39, 0.29) is 28.8 Å². The van der Waals surface area contributed by atoms with Crippen molar-refractivity contribution in [1.82, 2.24) is 19.4 Å². The smallest absolute Gasteiger partial charge is 0.328 e. The van der Waals surface area contributed by atoms with Crippen LogP contribution in [0.2, 0.25) is 10.0 Å². The molecule has 0 saturated carbocycles. The number of nitrogens with zero attached hydrogens (tertiary/aromatic N) is 4. The summed E-state index contributed by atoms with van der Waals surface area (Å²) in [6.07, 6.45) is 4.08. The second kappa shape index (κ2) is 20.3. The number of imidazole rings is 1. The minimum absolute atomic E-state index is 0.0389. The molecule has 2 fully saturated rings. The van der Waals surface area contributed by atoms with Gasteiger partial charge >= 0.3 is 11.9 Å². The number of benzene rings is 4. The van der Waals surface area contributed by atoms with Crippen molar-refractivity contribution in [2.45, 2.75) is 37.6 Å². The van der Waals surface area contributed by atoms with Crippen molar-refractivity contribution in [2.24, 2.45) is 5.92 Å². The molecule has 2 aliphatic rings. The number of carboxylic acids is 2. The summed E-state index contributed by atoms with van der Waals surface area (Å²) in [5, 5.41) is 16.6. The predicted molar refractivity (Wildman–Crippen MR) is 233 cm³/mol. The van der Waals surface area contributed by atoms with E-state index >= 15 is 0 Å². The zero-order valence-corrected chi connectivity index (χ0v) is 36.0. The van der Waals surface area contributed by atoms with E-state index in [9.17, 15) is 23.6 Å². The molecule has 5 aromatic rings. The molecule has 2 saturated heterocycles. The molecule has 0 bridgehead atoms. The Morgan fingerprint density at radius 3 is 2.08 bits per heavy atom. The van der Waals surface area contributed by atoms with Crippen LogP contribution in [0.15, 0.2) is 91.0 Å². The maximum Gasteiger partial charge on any atom is 0.328 e. The summed E-state index contributed by atoms with van der Waals surface area (Å²) in [5.41, 5.74) is 3.68. The number of Topliss-reactive ketones (excluding diaryl/α,β-unsaturated/α-hetero) is 1. The van der Waals surface area contributed by atoms with Gasteiger partial charge in [0.05, 0.1) is 42.4 Å². The minimum atomic E-state index is -1.26. The van der Waals surface area contributed by atoms with Crippen LogP contribution in [0.3, 0.4) is 0 Å². The second-order valence-electron chi connectivity index (χ2n) is 15.2. The van der Waals surface area contributed by atoms with E-state index in [4.69, 9.17) is 52.6 Å². The number of aromatic nitrogens is 2. The van der Waals surface area contributed by atoms with Crippen LogP contribution in [0.4, 0.5) is 4.39 Å². The van der Waals surface area contributed by atoms with Crippen LogP contribution in [0.5, 0.6) is 17.2 Å². The Kier molecular flexibility index (Phi) is 14.9. The fraction of sp³-hybridized carbons (Fsp3) is 0.326. The number of aliphatic carboxylic acids is 2. The lowest BCUT2D eigenvalue weighted by molar-refractivity contribution is -0.134. The Morgan fingerprint density at radius 2 is 1.48 bits per heavy atom. The number of carbonyl (C=O) groups excluding carboxylic acids is 2. The molecule has 13 nitrogen and oxygen atoms in total. The first-order valence-corrected chi connectivity index (χ1v) is 20.7. The van der Waals surface area contributed by atoms with Crippen molar-refractivity contribution in [3.63, 3.8) is 0 Å². The highest BCUT2D eigenvalue weighted by molar-refractivity contribution is 6.42. The summed E-state index contributed by atoms with van der Waals surface area (Å²) in [6, 6.07) is 23.3. The lowest BCUT2D eigenvalue weighted by Crippen LogP contribution is -2.41. The summed E-state index contributed by atoms with van der Waals surface area (Å²) in [4.78, 5) is 56.3. The molecule has 0 radical (unpaired) electrons. The summed E-state index contributed by atoms with van der Waals surface area (Å²) in [5.74, 6) is -1.35. The lowest BCUT2D eigenvalue weighted by atomic mass is 9.76. The molecule has 1 atom stereocenters. The highest BCUT2D eigenvalue weighted by Crippen LogP contribution is 2.43. The highest BCUT2D eigenvalue weighted by atomic mass is 35.5. The van der Waals surface area contributed by atoms with Crippen molar-refractivity contribution in [3.8, 4) is 17.2 Å². The number of rotatable bonds is 14. The van der Waals surface area contributed by atoms with Crippen LogP contribution >= 0.6 is 23.2 Å². The molecule has 3 heterocycles. The third-order valence-electron chi connectivity index (χ3n) is 11.4. The van der Waals surface area contributed by atoms with Crippen molar-refractivity contribution in [1.29, 1.82) is 0 Å². The van der Waals surface area contributed by atoms with E-state index in [1.165, 1.54) is 33.5 Å². The van der Waals surface area contributed by atoms with Crippen molar-refractivity contribution in [3.05, 3.63) is 129 Å². The van der Waals surface area contributed by atoms with Crippen molar-refractivity contribution >= 4 is 57.9 Å². The number of carbonyl (C=O) groups is 4. The molecule has 4 aromatic carbocycles. The fourth-order valence-corrected chi connectivity index (χ4v) is 8.45. The lowest BCUT2D eigenvalue weighted by Gasteiger charge is -2.36. The summed E-state index contributed by atoms with van der Waals surface area (Å²) in [7, 11) is 4.59. The number of para-hydroxylation sites is 2. The van der Waals surface area contributed by atoms with Gasteiger partial charge in [0.15, 0.2) is 17.3 Å². The Labute approximate surface area is 368 Å². The number of fused-ring (bicyclic) bond motifs is 1. The van der Waals surface area contributed by atoms with Gasteiger partial charge in [-0.1, -0.05) is 53.5 Å². The number of likely N-dealkylation sites (tertiary alicyclic amines) is 2. The quantitative estimate of drug-likeness (QED) is 0.0821. The van der Waals surface area contributed by atoms with E-state index in [0.29, 0.717) is 83.3 Å². The molecule has 1 unspecified atom stereocenters. The Bertz CT molecular complexity index is 2430. The van der Waals surface area contributed by atoms with E-state index < -0.39 is 11.9 Å². The van der Waals surface area contributed by atoms with Gasteiger partial charge in [-0.05, 0) is 105 Å². The monoisotopic (exact) mass is 888 g/mol. The number of hydrogen-bond acceptors (Lipinski definition) is 9. The van der Waals surface area contributed by atoms with Gasteiger partial charge in [-0.15, -0.1) is 0 Å². The third kappa shape index (κ3) is 10.6. The number of piperidine rings is 1. The third-order valence-corrected chi connectivity index (χ3v) is 12.2. The number of ketones is 1. The Balaban J connectivity index is 0.000000730. The SMILES string of the molecule is COc1cc(C(=O)N2CCC(CCN3CCC(C(=O)c4nc5ccccc5n4Cc4ccc(F)cc4)CC3)(c3ccc(Cl)c(Cl)c3)C2)cc(OC)c1OC.O=C(O)/C=C/C(=O)O. The molecule has 1 amide bonds. The summed E-state index contributed by atoms with van der Waals surface area (Å²) < 4.78 is 32.1. The van der Waals surface area contributed by atoms with Crippen LogP contribution in [0.1, 0.15) is 57.8 Å². The number of methoxy groups -OCH3 is 3. The molecular formula is C46H47Cl2FN4O9. The molecule has 0 aliphatic carbocycles. The van der Waals surface area contributed by atoms with Crippen LogP contribution in [0.25, 0.3) is 11.0 Å². The van der Waals surface area contributed by atoms with Gasteiger partial charge in [0.1, 0.15) is 5.82 Å². The van der Waals surface area contributed by atoms with Crippen LogP contribution in [-0.2, 0) is 21.5 Å². The standard InChI is InChI=1S/C42H43Cl2FN4O5.C4H4O4/c1-52-36-22-29(23-37(53-2)39(36)54-3)41(51)48-21-17-42(26-48,30-10-13-32(43)33(44)24-30)16-20-47-18-14-28(15-19-47)38(50)40-46-34-6-4-5-7-35(34)49(40)25-27-8-11-31(45)12-9-27;5-3(6)1-2-4(7)8/h4-13,22-24,28H,14-21,25-26H2,1-3H3;1-2H,(H,5,6)(H,7,8)/b;2-1+. The fourth-order valence-electron chi connectivity index (χ4n) is 8.16. The zero-order valence-electron chi connectivity index (χ0n) is 34.5. The van der Waals surface area contributed by atoms with Crippen LogP contribution in [-0.4, -0.2) is 107 Å². The predicted octanol–water partition coefficient (Wildman–Crippen LogP) is 8.04. The highest BCUT2D eigenvalue weighted by Gasteiger charge is 2.42. The van der Waals surface area contributed by atoms with Gasteiger partial charge in [0.25, 0.3) is 5.91 Å². The maximum absolute atomic E-state index is 14.1. The molecule has 326 valence electrons. The molecular weight excluding hydrogens is 842 g/mol. The number of hydrogen-bond donors (Lipinski definition) is 2. The molecule has 2 aliphatic heterocycles. The largest absolute Gasteiger partial charge is 0.493 e. The van der Waals surface area contributed by atoms with Crippen molar-refractivity contribution in [2.75, 3.05) is 54.1 Å². The average Bonchev–Trinajstić information content (AvgIpc) is 3.88. The van der Waals surface area contributed by atoms with Crippen molar-refractivity contribution < 1.29 is 48.0 Å². The van der Waals surface area contributed by atoms with Gasteiger partial charge in [-0.3, -0.25) is 9.59 Å². The van der Waals surface area contributed by atoms with Gasteiger partial charge in [-0.2, -0.15) is 0 Å². The van der Waals surface area contributed by atoms with Gasteiger partial charge in [0, 0.05) is 48.7 Å². The summed E-state index contributed by atoms with van der Waals surface area (Å²) in [6.45, 7) is 3.80. The number of amides is 1. The topological polar surface area (TPSA) is 161 Å². The summed E-state index contributed by atoms with van der Waals surface area (Å²) >= 11 is 12.9. The Hall–Kier alpha value is -5.96. The zero-order chi connectivity index (χ0) is 44.6. The van der Waals surface area contributed by atoms with E-state index in [2.05, 4.69) is 4.90 Å². The second-order valence-corrected chi connectivity index (χ2v) is 16.0. The number of halogens is 3. The van der Waals surface area contributed by atoms with Gasteiger partial charge in [-0.25, -0.2) is 19.0 Å². The Morgan fingerprint density at radius 1 is 0.839 bits per heavy atom. The molecule has 16 heteroatoms. The van der Waals surface area contributed by atoms with E-state index in [1.54, 1.807) is 24.3 Å². The van der Waals surface area contributed by atoms with Gasteiger partial charge in [0.2, 0.25) is 11.5 Å². The van der Waals surface area contributed by atoms with Gasteiger partial charge < -0.3 is 38.8 Å². The van der Waals surface area contributed by atoms with E-state index in [0.717, 1.165) is 54.6 Å². The maximum atomic E-state index is 14.1. The molecule has 7 rings (SSSR count). The number of carboxylic acid groups (broad SMARTS) is 2. The number of ether oxygens (including phenoxy) is 3. The first kappa shape index (κ1) is 45.6. The molecule has 1 aromatic heterocycles. The molecule has 0 spiro atoms. The normalized spacial score (nSPS) is 16.8.